The van der Waals surface area contributed by atoms with E-state index >= 15 is 0 Å². The lowest BCUT2D eigenvalue weighted by Gasteiger charge is -2.32. The van der Waals surface area contributed by atoms with E-state index in [1.807, 2.05) is 58.0 Å². The second-order valence-electron chi connectivity index (χ2n) is 7.66. The molecule has 4 nitrogen and oxygen atoms in total. The zero-order valence-electron chi connectivity index (χ0n) is 16.3. The zero-order valence-corrected chi connectivity index (χ0v) is 16.3. The fourth-order valence-corrected chi connectivity index (χ4v) is 2.74. The highest BCUT2D eigenvalue weighted by atomic mass is 19.1. The van der Waals surface area contributed by atoms with E-state index in [0.29, 0.717) is 31.0 Å². The zero-order chi connectivity index (χ0) is 19.5. The van der Waals surface area contributed by atoms with Crippen LogP contribution in [0, 0.1) is 5.82 Å². The highest BCUT2D eigenvalue weighted by molar-refractivity contribution is 6.62. The van der Waals surface area contributed by atoms with Crippen molar-refractivity contribution in [2.45, 2.75) is 45.5 Å². The predicted molar refractivity (Wildman–Crippen MR) is 104 cm³/mol. The van der Waals surface area contributed by atoms with Crippen LogP contribution in [-0.2, 0) is 20.7 Å². The minimum atomic E-state index is -0.724. The smallest absolute Gasteiger partial charge is 0.491 e. The van der Waals surface area contributed by atoms with Gasteiger partial charge in [0, 0.05) is 11.5 Å². The molecule has 1 saturated heterocycles. The molecule has 27 heavy (non-hydrogen) atoms. The number of hydrogen-bond acceptors (Lipinski definition) is 4. The Morgan fingerprint density at radius 3 is 2.22 bits per heavy atom. The molecule has 1 fully saturated rings. The van der Waals surface area contributed by atoms with Gasteiger partial charge in [0.05, 0.1) is 24.4 Å². The quantitative estimate of drug-likeness (QED) is 0.548. The Balaban J connectivity index is 1.50. The van der Waals surface area contributed by atoms with Crippen molar-refractivity contribution in [2.24, 2.45) is 0 Å². The normalized spacial score (nSPS) is 17.9. The number of hydrogen-bond donors (Lipinski definition) is 0. The van der Waals surface area contributed by atoms with Crippen LogP contribution in [0.5, 0.6) is 5.75 Å². The van der Waals surface area contributed by atoms with Gasteiger partial charge in [-0.1, -0.05) is 36.4 Å². The molecule has 0 radical (unpaired) electrons. The van der Waals surface area contributed by atoms with Crippen LogP contribution in [-0.4, -0.2) is 31.5 Å². The molecule has 2 aromatic carbocycles. The summed E-state index contributed by atoms with van der Waals surface area (Å²) in [5.74, 6) is 0.0484. The standard InChI is InChI=1S/C21H26BFO4/c1-20(2)21(3,4)27-22(26-20)18-11-10-17(14-19(18)23)25-13-12-24-15-16-8-6-5-7-9-16/h5-11,14H,12-13,15H2,1-4H3. The maximum Gasteiger partial charge on any atom is 0.497 e. The maximum absolute atomic E-state index is 14.5. The van der Waals surface area contributed by atoms with Gasteiger partial charge in [0.2, 0.25) is 0 Å². The van der Waals surface area contributed by atoms with Crippen LogP contribution in [0.2, 0.25) is 0 Å². The molecule has 144 valence electrons. The molecule has 0 unspecified atom stereocenters. The molecule has 0 amide bonds. The lowest BCUT2D eigenvalue weighted by atomic mass is 9.78. The Morgan fingerprint density at radius 2 is 1.59 bits per heavy atom. The van der Waals surface area contributed by atoms with E-state index in [0.717, 1.165) is 5.56 Å². The molecule has 0 saturated carbocycles. The summed E-state index contributed by atoms with van der Waals surface area (Å²) in [7, 11) is -0.724. The van der Waals surface area contributed by atoms with Crippen LogP contribution in [0.3, 0.4) is 0 Å². The molecule has 0 atom stereocenters. The summed E-state index contributed by atoms with van der Waals surface area (Å²) in [6.07, 6.45) is 0. The van der Waals surface area contributed by atoms with Crippen LogP contribution in [0.1, 0.15) is 33.3 Å². The lowest BCUT2D eigenvalue weighted by molar-refractivity contribution is 0.00578. The van der Waals surface area contributed by atoms with Crippen molar-refractivity contribution in [3.63, 3.8) is 0 Å². The fourth-order valence-electron chi connectivity index (χ4n) is 2.74. The first kappa shape index (κ1) is 19.9. The second kappa shape index (κ2) is 8.01. The van der Waals surface area contributed by atoms with Gasteiger partial charge in [-0.2, -0.15) is 0 Å². The van der Waals surface area contributed by atoms with Gasteiger partial charge < -0.3 is 18.8 Å². The monoisotopic (exact) mass is 372 g/mol. The number of ether oxygens (including phenoxy) is 2. The summed E-state index contributed by atoms with van der Waals surface area (Å²) in [5.41, 5.74) is 0.474. The summed E-state index contributed by atoms with van der Waals surface area (Å²) in [4.78, 5) is 0. The molecule has 0 aromatic heterocycles. The fraction of sp³-hybridized carbons (Fsp3) is 0.429. The minimum absolute atomic E-state index is 0.349. The molecule has 0 bridgehead atoms. The van der Waals surface area contributed by atoms with Crippen molar-refractivity contribution in [1.29, 1.82) is 0 Å². The van der Waals surface area contributed by atoms with Crippen LogP contribution < -0.4 is 10.2 Å². The number of halogens is 1. The molecule has 1 aliphatic rings. The van der Waals surface area contributed by atoms with E-state index in [-0.39, 0.29) is 0 Å². The first-order valence-electron chi connectivity index (χ1n) is 9.18. The van der Waals surface area contributed by atoms with E-state index in [1.54, 1.807) is 12.1 Å². The average molecular weight is 372 g/mol. The Morgan fingerprint density at radius 1 is 0.926 bits per heavy atom. The third kappa shape index (κ3) is 4.70. The predicted octanol–water partition coefficient (Wildman–Crippen LogP) is 3.72. The van der Waals surface area contributed by atoms with Crippen LogP contribution >= 0.6 is 0 Å². The van der Waals surface area contributed by atoms with Gasteiger partial charge in [-0.15, -0.1) is 0 Å². The molecular formula is C21H26BFO4. The van der Waals surface area contributed by atoms with E-state index in [1.165, 1.54) is 6.07 Å². The minimum Gasteiger partial charge on any atom is -0.491 e. The van der Waals surface area contributed by atoms with E-state index in [2.05, 4.69) is 0 Å². The van der Waals surface area contributed by atoms with Gasteiger partial charge >= 0.3 is 7.12 Å². The summed E-state index contributed by atoms with van der Waals surface area (Å²) < 4.78 is 37.5. The van der Waals surface area contributed by atoms with Crippen molar-refractivity contribution in [2.75, 3.05) is 13.2 Å². The molecule has 3 rings (SSSR count). The number of benzene rings is 2. The van der Waals surface area contributed by atoms with Crippen molar-refractivity contribution < 1.29 is 23.2 Å². The topological polar surface area (TPSA) is 36.9 Å². The Bertz CT molecular complexity index is 748. The van der Waals surface area contributed by atoms with Gasteiger partial charge in [-0.05, 0) is 39.3 Å². The van der Waals surface area contributed by atoms with E-state index < -0.39 is 24.1 Å². The first-order valence-corrected chi connectivity index (χ1v) is 9.18. The highest BCUT2D eigenvalue weighted by Crippen LogP contribution is 2.36. The molecule has 0 spiro atoms. The summed E-state index contributed by atoms with van der Waals surface area (Å²) in [6, 6.07) is 14.7. The lowest BCUT2D eigenvalue weighted by Crippen LogP contribution is -2.41. The van der Waals surface area contributed by atoms with Crippen molar-refractivity contribution in [3.8, 4) is 5.75 Å². The van der Waals surface area contributed by atoms with Crippen LogP contribution in [0.25, 0.3) is 0 Å². The van der Waals surface area contributed by atoms with E-state index in [4.69, 9.17) is 18.8 Å². The third-order valence-electron chi connectivity index (χ3n) is 5.09. The van der Waals surface area contributed by atoms with Gasteiger partial charge in [0.1, 0.15) is 18.2 Å². The summed E-state index contributed by atoms with van der Waals surface area (Å²) in [5, 5.41) is 0. The second-order valence-corrected chi connectivity index (χ2v) is 7.66. The summed E-state index contributed by atoms with van der Waals surface area (Å²) in [6.45, 7) is 9.07. The van der Waals surface area contributed by atoms with Crippen molar-refractivity contribution in [3.05, 3.63) is 59.9 Å². The largest absolute Gasteiger partial charge is 0.497 e. The molecule has 2 aromatic rings. The van der Waals surface area contributed by atoms with Crippen LogP contribution in [0.15, 0.2) is 48.5 Å². The number of rotatable bonds is 7. The van der Waals surface area contributed by atoms with Gasteiger partial charge in [-0.25, -0.2) is 4.39 Å². The van der Waals surface area contributed by atoms with Gasteiger partial charge in [-0.3, -0.25) is 0 Å². The highest BCUT2D eigenvalue weighted by Gasteiger charge is 2.52. The van der Waals surface area contributed by atoms with Crippen molar-refractivity contribution >= 4 is 12.6 Å². The Labute approximate surface area is 160 Å². The molecular weight excluding hydrogens is 346 g/mol. The SMILES string of the molecule is CC1(C)OB(c2ccc(OCCOCc3ccccc3)cc2F)OC1(C)C. The molecule has 0 N–H and O–H groups in total. The molecule has 6 heteroatoms. The average Bonchev–Trinajstić information content (AvgIpc) is 2.83. The third-order valence-corrected chi connectivity index (χ3v) is 5.09. The van der Waals surface area contributed by atoms with Crippen LogP contribution in [0.4, 0.5) is 4.39 Å². The Hall–Kier alpha value is -1.89. The summed E-state index contributed by atoms with van der Waals surface area (Å²) >= 11 is 0. The van der Waals surface area contributed by atoms with Gasteiger partial charge in [0.25, 0.3) is 0 Å². The van der Waals surface area contributed by atoms with E-state index in [9.17, 15) is 4.39 Å². The molecule has 0 aliphatic carbocycles. The molecule has 1 aliphatic heterocycles. The van der Waals surface area contributed by atoms with Crippen molar-refractivity contribution in [1.82, 2.24) is 0 Å². The maximum atomic E-state index is 14.5. The molecule has 1 heterocycles. The Kier molecular flexibility index (Phi) is 5.89. The first-order chi connectivity index (χ1) is 12.8. The van der Waals surface area contributed by atoms with Gasteiger partial charge in [0.15, 0.2) is 0 Å².